The average molecular weight is 265 g/mol. The van der Waals surface area contributed by atoms with Gasteiger partial charge in [0.15, 0.2) is 0 Å². The Kier molecular flexibility index (Phi) is 3.86. The van der Waals surface area contributed by atoms with Crippen LogP contribution < -0.4 is 11.1 Å². The van der Waals surface area contributed by atoms with Gasteiger partial charge in [0, 0.05) is 18.6 Å². The zero-order valence-electron chi connectivity index (χ0n) is 11.0. The van der Waals surface area contributed by atoms with E-state index in [-0.39, 0.29) is 6.04 Å². The molecule has 2 rings (SSSR count). The van der Waals surface area contributed by atoms with Crippen LogP contribution >= 0.6 is 11.3 Å². The van der Waals surface area contributed by atoms with Crippen LogP contribution in [0.4, 0.5) is 11.5 Å². The number of thiazole rings is 1. The minimum atomic E-state index is 0.187. The van der Waals surface area contributed by atoms with Gasteiger partial charge in [-0.25, -0.2) is 4.98 Å². The molecule has 0 bridgehead atoms. The van der Waals surface area contributed by atoms with Crippen LogP contribution in [-0.4, -0.2) is 14.8 Å². The molecule has 0 aliphatic heterocycles. The van der Waals surface area contributed by atoms with Gasteiger partial charge >= 0.3 is 0 Å². The van der Waals surface area contributed by atoms with Gasteiger partial charge in [-0.2, -0.15) is 5.10 Å². The molecule has 6 heteroatoms. The number of nitrogens with one attached hydrogen (secondary N) is 1. The van der Waals surface area contributed by atoms with Gasteiger partial charge in [-0.3, -0.25) is 4.68 Å². The maximum absolute atomic E-state index is 6.11. The SMILES string of the molecule is CCc1nn(C)c(NC(CC)c2nccs2)c1N. The lowest BCUT2D eigenvalue weighted by Crippen LogP contribution is -2.13. The van der Waals surface area contributed by atoms with Crippen molar-refractivity contribution in [2.75, 3.05) is 11.1 Å². The fourth-order valence-corrected chi connectivity index (χ4v) is 2.71. The second kappa shape index (κ2) is 5.39. The maximum atomic E-state index is 6.11. The highest BCUT2D eigenvalue weighted by Gasteiger charge is 2.17. The Balaban J connectivity index is 2.25. The van der Waals surface area contributed by atoms with Crippen LogP contribution in [-0.2, 0) is 13.5 Å². The molecule has 98 valence electrons. The topological polar surface area (TPSA) is 68.8 Å². The van der Waals surface area contributed by atoms with Gasteiger partial charge in [-0.15, -0.1) is 11.3 Å². The van der Waals surface area contributed by atoms with Gasteiger partial charge in [-0.05, 0) is 12.8 Å². The summed E-state index contributed by atoms with van der Waals surface area (Å²) in [6.45, 7) is 4.19. The highest BCUT2D eigenvalue weighted by molar-refractivity contribution is 7.09. The summed E-state index contributed by atoms with van der Waals surface area (Å²) in [4.78, 5) is 4.36. The fraction of sp³-hybridized carbons (Fsp3) is 0.500. The van der Waals surface area contributed by atoms with Crippen molar-refractivity contribution in [1.29, 1.82) is 0 Å². The molecule has 2 heterocycles. The van der Waals surface area contributed by atoms with Crippen molar-refractivity contribution in [3.63, 3.8) is 0 Å². The van der Waals surface area contributed by atoms with Crippen LogP contribution in [0.15, 0.2) is 11.6 Å². The summed E-state index contributed by atoms with van der Waals surface area (Å²) >= 11 is 1.66. The summed E-state index contributed by atoms with van der Waals surface area (Å²) in [6, 6.07) is 0.187. The van der Waals surface area contributed by atoms with Crippen LogP contribution in [0.3, 0.4) is 0 Å². The van der Waals surface area contributed by atoms with Crippen molar-refractivity contribution < 1.29 is 0 Å². The molecule has 0 amide bonds. The zero-order valence-corrected chi connectivity index (χ0v) is 11.8. The standard InChI is InChI=1S/C12H19N5S/c1-4-8-10(13)11(17(3)16-8)15-9(5-2)12-14-6-7-18-12/h6-7,9,15H,4-5,13H2,1-3H3. The number of rotatable bonds is 5. The number of hydrogen-bond donors (Lipinski definition) is 2. The van der Waals surface area contributed by atoms with Crippen molar-refractivity contribution in [2.24, 2.45) is 7.05 Å². The first kappa shape index (κ1) is 12.9. The molecule has 0 saturated heterocycles. The van der Waals surface area contributed by atoms with Crippen molar-refractivity contribution in [3.05, 3.63) is 22.3 Å². The molecule has 0 radical (unpaired) electrons. The van der Waals surface area contributed by atoms with Crippen LogP contribution in [0.2, 0.25) is 0 Å². The minimum absolute atomic E-state index is 0.187. The first-order valence-corrected chi connectivity index (χ1v) is 7.02. The van der Waals surface area contributed by atoms with Crippen molar-refractivity contribution in [2.45, 2.75) is 32.7 Å². The van der Waals surface area contributed by atoms with Gasteiger partial charge in [0.2, 0.25) is 0 Å². The molecule has 2 aromatic rings. The van der Waals surface area contributed by atoms with E-state index in [9.17, 15) is 0 Å². The molecule has 0 aliphatic rings. The molecule has 0 spiro atoms. The lowest BCUT2D eigenvalue weighted by Gasteiger charge is -2.16. The number of aromatic nitrogens is 3. The third-order valence-corrected chi connectivity index (χ3v) is 3.85. The van der Waals surface area contributed by atoms with E-state index in [1.165, 1.54) is 0 Å². The predicted octanol–water partition coefficient (Wildman–Crippen LogP) is 2.58. The molecule has 0 fully saturated rings. The maximum Gasteiger partial charge on any atom is 0.148 e. The number of anilines is 2. The third kappa shape index (κ3) is 2.33. The quantitative estimate of drug-likeness (QED) is 0.872. The molecule has 0 saturated carbocycles. The summed E-state index contributed by atoms with van der Waals surface area (Å²) in [5.74, 6) is 0.883. The third-order valence-electron chi connectivity index (χ3n) is 2.96. The van der Waals surface area contributed by atoms with E-state index in [4.69, 9.17) is 5.73 Å². The minimum Gasteiger partial charge on any atom is -0.394 e. The number of nitrogens with zero attached hydrogens (tertiary/aromatic N) is 3. The van der Waals surface area contributed by atoms with Crippen molar-refractivity contribution >= 4 is 22.8 Å². The summed E-state index contributed by atoms with van der Waals surface area (Å²) in [5, 5.41) is 10.9. The largest absolute Gasteiger partial charge is 0.394 e. The van der Waals surface area contributed by atoms with Crippen molar-refractivity contribution in [3.8, 4) is 0 Å². The number of aryl methyl sites for hydroxylation is 2. The Hall–Kier alpha value is -1.56. The van der Waals surface area contributed by atoms with E-state index in [2.05, 4.69) is 29.2 Å². The fourth-order valence-electron chi connectivity index (χ4n) is 1.94. The Morgan fingerprint density at radius 2 is 2.28 bits per heavy atom. The Bertz CT molecular complexity index is 503. The van der Waals surface area contributed by atoms with Crippen LogP contribution in [0.25, 0.3) is 0 Å². The lowest BCUT2D eigenvalue weighted by molar-refractivity contribution is 0.699. The van der Waals surface area contributed by atoms with E-state index in [1.807, 2.05) is 23.3 Å². The van der Waals surface area contributed by atoms with E-state index in [1.54, 1.807) is 11.3 Å². The predicted molar refractivity (Wildman–Crippen MR) is 75.8 cm³/mol. The van der Waals surface area contributed by atoms with Gasteiger partial charge < -0.3 is 11.1 Å². The lowest BCUT2D eigenvalue weighted by atomic mass is 10.2. The summed E-state index contributed by atoms with van der Waals surface area (Å²) in [6.07, 6.45) is 3.63. The molecule has 0 aliphatic carbocycles. The smallest absolute Gasteiger partial charge is 0.148 e. The van der Waals surface area contributed by atoms with E-state index in [0.717, 1.165) is 35.0 Å². The van der Waals surface area contributed by atoms with Crippen LogP contribution in [0, 0.1) is 0 Å². The molecule has 5 nitrogen and oxygen atoms in total. The average Bonchev–Trinajstić information content (AvgIpc) is 2.97. The summed E-state index contributed by atoms with van der Waals surface area (Å²) < 4.78 is 1.81. The number of nitrogens with two attached hydrogens (primary N) is 1. The Morgan fingerprint density at radius 1 is 1.50 bits per heavy atom. The monoisotopic (exact) mass is 265 g/mol. The first-order chi connectivity index (χ1) is 8.67. The van der Waals surface area contributed by atoms with E-state index in [0.29, 0.717) is 0 Å². The zero-order chi connectivity index (χ0) is 13.1. The molecule has 1 atom stereocenters. The van der Waals surface area contributed by atoms with E-state index >= 15 is 0 Å². The molecule has 18 heavy (non-hydrogen) atoms. The van der Waals surface area contributed by atoms with Crippen LogP contribution in [0.5, 0.6) is 0 Å². The van der Waals surface area contributed by atoms with Gasteiger partial charge in [-0.1, -0.05) is 13.8 Å². The molecule has 0 aromatic carbocycles. The Labute approximate surface area is 111 Å². The van der Waals surface area contributed by atoms with Gasteiger partial charge in [0.1, 0.15) is 10.8 Å². The van der Waals surface area contributed by atoms with Crippen molar-refractivity contribution in [1.82, 2.24) is 14.8 Å². The number of nitrogen functional groups attached to an aromatic ring is 1. The number of hydrogen-bond acceptors (Lipinski definition) is 5. The van der Waals surface area contributed by atoms with Gasteiger partial charge in [0.05, 0.1) is 17.4 Å². The van der Waals surface area contributed by atoms with Gasteiger partial charge in [0.25, 0.3) is 0 Å². The molecular formula is C12H19N5S. The molecule has 1 unspecified atom stereocenters. The summed E-state index contributed by atoms with van der Waals surface area (Å²) in [7, 11) is 1.91. The second-order valence-electron chi connectivity index (χ2n) is 4.16. The Morgan fingerprint density at radius 3 is 2.78 bits per heavy atom. The summed E-state index contributed by atoms with van der Waals surface area (Å²) in [5.41, 5.74) is 7.79. The highest BCUT2D eigenvalue weighted by Crippen LogP contribution is 2.29. The van der Waals surface area contributed by atoms with E-state index < -0.39 is 0 Å². The molecular weight excluding hydrogens is 246 g/mol. The second-order valence-corrected chi connectivity index (χ2v) is 5.09. The van der Waals surface area contributed by atoms with Crippen LogP contribution in [0.1, 0.15) is 37.0 Å². The first-order valence-electron chi connectivity index (χ1n) is 6.14. The molecule has 3 N–H and O–H groups in total. The normalized spacial score (nSPS) is 12.6. The highest BCUT2D eigenvalue weighted by atomic mass is 32.1. The molecule has 2 aromatic heterocycles.